The molecule has 3 rings (SSSR count). The first-order chi connectivity index (χ1) is 13.7. The van der Waals surface area contributed by atoms with Crippen molar-refractivity contribution in [3.63, 3.8) is 0 Å². The zero-order chi connectivity index (χ0) is 19.8. The summed E-state index contributed by atoms with van der Waals surface area (Å²) >= 11 is 0. The Kier molecular flexibility index (Phi) is 6.88. The zero-order valence-corrected chi connectivity index (χ0v) is 16.2. The van der Waals surface area contributed by atoms with Gasteiger partial charge in [0, 0.05) is 25.3 Å². The third kappa shape index (κ3) is 5.24. The van der Waals surface area contributed by atoms with Crippen LogP contribution in [0.5, 0.6) is 11.5 Å². The van der Waals surface area contributed by atoms with E-state index in [0.29, 0.717) is 17.1 Å². The van der Waals surface area contributed by atoms with Crippen LogP contribution in [0.3, 0.4) is 0 Å². The van der Waals surface area contributed by atoms with Crippen molar-refractivity contribution in [3.05, 3.63) is 54.1 Å². The first-order valence-electron chi connectivity index (χ1n) is 9.75. The quantitative estimate of drug-likeness (QED) is 0.842. The molecule has 1 aliphatic heterocycles. The second-order valence-electron chi connectivity index (χ2n) is 6.85. The Morgan fingerprint density at radius 1 is 1.11 bits per heavy atom. The number of benzene rings is 2. The summed E-state index contributed by atoms with van der Waals surface area (Å²) < 4.78 is 5.78. The van der Waals surface area contributed by atoms with Crippen LogP contribution in [0.4, 0.5) is 10.5 Å². The van der Waals surface area contributed by atoms with Crippen molar-refractivity contribution in [3.8, 4) is 17.6 Å². The van der Waals surface area contributed by atoms with Crippen LogP contribution >= 0.6 is 0 Å². The molecular weight excluding hydrogens is 352 g/mol. The number of hydrogen-bond acceptors (Lipinski definition) is 4. The van der Waals surface area contributed by atoms with E-state index in [2.05, 4.69) is 23.2 Å². The van der Waals surface area contributed by atoms with Gasteiger partial charge in [-0.1, -0.05) is 19.1 Å². The van der Waals surface area contributed by atoms with E-state index in [1.54, 1.807) is 30.3 Å². The van der Waals surface area contributed by atoms with E-state index in [0.717, 1.165) is 51.3 Å². The third-order valence-electron chi connectivity index (χ3n) is 4.76. The number of para-hydroxylation sites is 1. The summed E-state index contributed by atoms with van der Waals surface area (Å²) in [5, 5.41) is 12.1. The maximum Gasteiger partial charge on any atom is 0.321 e. The molecular formula is C22H26N4O2. The van der Waals surface area contributed by atoms with E-state index in [-0.39, 0.29) is 6.03 Å². The minimum Gasteiger partial charge on any atom is -0.456 e. The number of hydrogen-bond donors (Lipinski definition) is 1. The molecule has 0 unspecified atom stereocenters. The molecule has 1 heterocycles. The van der Waals surface area contributed by atoms with Crippen LogP contribution in [-0.4, -0.2) is 48.6 Å². The minimum absolute atomic E-state index is 0.0677. The molecule has 2 aromatic rings. The van der Waals surface area contributed by atoms with E-state index >= 15 is 0 Å². The van der Waals surface area contributed by atoms with Crippen LogP contribution in [0.15, 0.2) is 48.5 Å². The predicted octanol–water partition coefficient (Wildman–Crippen LogP) is 4.30. The summed E-state index contributed by atoms with van der Waals surface area (Å²) in [6, 6.07) is 16.3. The fourth-order valence-corrected chi connectivity index (χ4v) is 3.30. The first-order valence-corrected chi connectivity index (χ1v) is 9.75. The maximum atomic E-state index is 12.6. The molecule has 0 aliphatic carbocycles. The van der Waals surface area contributed by atoms with E-state index in [1.165, 1.54) is 0 Å². The van der Waals surface area contributed by atoms with Crippen molar-refractivity contribution in [2.45, 2.75) is 19.8 Å². The Balaban J connectivity index is 1.56. The summed E-state index contributed by atoms with van der Waals surface area (Å²) in [6.07, 6.45) is 2.14. The molecule has 0 atom stereocenters. The number of anilines is 1. The molecule has 1 N–H and O–H groups in total. The number of nitriles is 1. The van der Waals surface area contributed by atoms with E-state index in [4.69, 9.17) is 10.00 Å². The monoisotopic (exact) mass is 378 g/mol. The Labute approximate surface area is 166 Å². The average molecular weight is 378 g/mol. The van der Waals surface area contributed by atoms with Crippen molar-refractivity contribution in [1.29, 1.82) is 5.26 Å². The van der Waals surface area contributed by atoms with Gasteiger partial charge in [0.05, 0.1) is 5.56 Å². The summed E-state index contributed by atoms with van der Waals surface area (Å²) in [5.74, 6) is 1.13. The van der Waals surface area contributed by atoms with Crippen LogP contribution < -0.4 is 10.1 Å². The first kappa shape index (κ1) is 19.7. The number of rotatable bonds is 5. The summed E-state index contributed by atoms with van der Waals surface area (Å²) in [4.78, 5) is 16.9. The summed E-state index contributed by atoms with van der Waals surface area (Å²) in [6.45, 7) is 6.77. The van der Waals surface area contributed by atoms with Crippen molar-refractivity contribution in [2.75, 3.05) is 38.0 Å². The van der Waals surface area contributed by atoms with Crippen molar-refractivity contribution in [2.24, 2.45) is 0 Å². The molecule has 6 heteroatoms. The van der Waals surface area contributed by atoms with Gasteiger partial charge in [-0.25, -0.2) is 4.79 Å². The van der Waals surface area contributed by atoms with Crippen LogP contribution in [0.1, 0.15) is 25.3 Å². The lowest BCUT2D eigenvalue weighted by Crippen LogP contribution is -2.38. The zero-order valence-electron chi connectivity index (χ0n) is 16.2. The third-order valence-corrected chi connectivity index (χ3v) is 4.76. The number of carbonyl (C=O) groups excluding carboxylic acids is 1. The van der Waals surface area contributed by atoms with Gasteiger partial charge in [0.25, 0.3) is 0 Å². The van der Waals surface area contributed by atoms with Crippen LogP contribution in [-0.2, 0) is 0 Å². The van der Waals surface area contributed by atoms with Gasteiger partial charge in [-0.3, -0.25) is 0 Å². The Hall–Kier alpha value is -3.04. The Morgan fingerprint density at radius 2 is 1.89 bits per heavy atom. The molecule has 0 spiro atoms. The second kappa shape index (κ2) is 9.77. The van der Waals surface area contributed by atoms with Crippen LogP contribution in [0.25, 0.3) is 0 Å². The number of nitrogens with zero attached hydrogens (tertiary/aromatic N) is 3. The minimum atomic E-state index is -0.0677. The normalized spacial score (nSPS) is 14.8. The number of nitrogens with one attached hydrogen (secondary N) is 1. The molecule has 2 amide bonds. The van der Waals surface area contributed by atoms with E-state index in [1.807, 2.05) is 23.1 Å². The average Bonchev–Trinajstić information content (AvgIpc) is 2.96. The predicted molar refractivity (Wildman–Crippen MR) is 110 cm³/mol. The van der Waals surface area contributed by atoms with Crippen molar-refractivity contribution >= 4 is 11.7 Å². The molecule has 1 aliphatic rings. The van der Waals surface area contributed by atoms with Crippen LogP contribution in [0.2, 0.25) is 0 Å². The molecule has 0 saturated carbocycles. The molecule has 28 heavy (non-hydrogen) atoms. The highest BCUT2D eigenvalue weighted by Crippen LogP contribution is 2.26. The lowest BCUT2D eigenvalue weighted by molar-refractivity contribution is 0.211. The highest BCUT2D eigenvalue weighted by molar-refractivity contribution is 5.89. The molecule has 0 aromatic heterocycles. The molecule has 1 saturated heterocycles. The molecule has 1 fully saturated rings. The smallest absolute Gasteiger partial charge is 0.321 e. The highest BCUT2D eigenvalue weighted by atomic mass is 16.5. The van der Waals surface area contributed by atoms with E-state index in [9.17, 15) is 4.79 Å². The van der Waals surface area contributed by atoms with Gasteiger partial charge >= 0.3 is 6.03 Å². The highest BCUT2D eigenvalue weighted by Gasteiger charge is 2.18. The second-order valence-corrected chi connectivity index (χ2v) is 6.85. The van der Waals surface area contributed by atoms with Crippen molar-refractivity contribution in [1.82, 2.24) is 9.80 Å². The van der Waals surface area contributed by atoms with Crippen molar-refractivity contribution < 1.29 is 9.53 Å². The van der Waals surface area contributed by atoms with Gasteiger partial charge < -0.3 is 19.9 Å². The molecule has 6 nitrogen and oxygen atoms in total. The lowest BCUT2D eigenvalue weighted by atomic mass is 10.2. The van der Waals surface area contributed by atoms with Gasteiger partial charge in [0.15, 0.2) is 0 Å². The molecule has 146 valence electrons. The van der Waals surface area contributed by atoms with Gasteiger partial charge in [0.2, 0.25) is 0 Å². The van der Waals surface area contributed by atoms with E-state index < -0.39 is 0 Å². The Morgan fingerprint density at radius 3 is 2.64 bits per heavy atom. The number of carbonyl (C=O) groups is 1. The standard InChI is InChI=1S/C22H26N4O2/c1-2-12-25-13-5-14-26(16-15-25)22(27)24-19-8-10-20(11-9-19)28-21-7-4-3-6-18(21)17-23/h3-4,6-11H,2,5,12-16H2,1H3,(H,24,27). The lowest BCUT2D eigenvalue weighted by Gasteiger charge is -2.22. The summed E-state index contributed by atoms with van der Waals surface area (Å²) in [7, 11) is 0. The fraction of sp³-hybridized carbons (Fsp3) is 0.364. The number of urea groups is 1. The van der Waals surface area contributed by atoms with Gasteiger partial charge in [-0.2, -0.15) is 5.26 Å². The number of ether oxygens (including phenoxy) is 1. The SMILES string of the molecule is CCCN1CCCN(C(=O)Nc2ccc(Oc3ccccc3C#N)cc2)CC1. The molecule has 0 radical (unpaired) electrons. The van der Waals surface area contributed by atoms with Crippen LogP contribution in [0, 0.1) is 11.3 Å². The number of amides is 2. The maximum absolute atomic E-state index is 12.6. The fourth-order valence-electron chi connectivity index (χ4n) is 3.30. The Bertz CT molecular complexity index is 829. The van der Waals surface area contributed by atoms with Gasteiger partial charge in [-0.05, 0) is 62.3 Å². The van der Waals surface area contributed by atoms with Gasteiger partial charge in [0.1, 0.15) is 17.6 Å². The summed E-state index contributed by atoms with van der Waals surface area (Å²) in [5.41, 5.74) is 1.21. The topological polar surface area (TPSA) is 68.6 Å². The molecule has 0 bridgehead atoms. The molecule has 2 aromatic carbocycles. The largest absolute Gasteiger partial charge is 0.456 e. The van der Waals surface area contributed by atoms with Gasteiger partial charge in [-0.15, -0.1) is 0 Å².